The summed E-state index contributed by atoms with van der Waals surface area (Å²) in [7, 11) is 0. The summed E-state index contributed by atoms with van der Waals surface area (Å²) in [6.45, 7) is 6.04. The topological polar surface area (TPSA) is 55.1 Å². The summed E-state index contributed by atoms with van der Waals surface area (Å²) in [6, 6.07) is 0. The van der Waals surface area contributed by atoms with E-state index in [1.54, 1.807) is 0 Å². The van der Waals surface area contributed by atoms with Gasteiger partial charge in [0.2, 0.25) is 5.91 Å². The van der Waals surface area contributed by atoms with Crippen molar-refractivity contribution in [1.29, 1.82) is 0 Å². The van der Waals surface area contributed by atoms with E-state index in [0.717, 1.165) is 25.7 Å². The number of thiocarbonyl (C=S) groups is 1. The quantitative estimate of drug-likeness (QED) is 0.741. The minimum Gasteiger partial charge on any atom is -0.391 e. The lowest BCUT2D eigenvalue weighted by Crippen LogP contribution is -2.56. The smallest absolute Gasteiger partial charge is 0.223 e. The fourth-order valence-corrected chi connectivity index (χ4v) is 2.32. The second-order valence-electron chi connectivity index (χ2n) is 5.18. The average molecular weight is 242 g/mol. The Balaban J connectivity index is 2.70. The molecule has 0 heterocycles. The van der Waals surface area contributed by atoms with Crippen LogP contribution in [0.4, 0.5) is 0 Å². The minimum absolute atomic E-state index is 0.00632. The summed E-state index contributed by atoms with van der Waals surface area (Å²) in [5.74, 6) is 0.418. The van der Waals surface area contributed by atoms with Crippen LogP contribution in [0.1, 0.15) is 46.5 Å². The molecule has 1 amide bonds. The monoisotopic (exact) mass is 242 g/mol. The number of amides is 1. The summed E-state index contributed by atoms with van der Waals surface area (Å²) >= 11 is 5.10. The maximum atomic E-state index is 12.0. The van der Waals surface area contributed by atoms with E-state index >= 15 is 0 Å². The van der Waals surface area contributed by atoms with Gasteiger partial charge in [0.1, 0.15) is 0 Å². The van der Waals surface area contributed by atoms with Crippen molar-refractivity contribution >= 4 is 23.1 Å². The van der Waals surface area contributed by atoms with E-state index < -0.39 is 5.54 Å². The van der Waals surface area contributed by atoms with Gasteiger partial charge in [-0.15, -0.1) is 0 Å². The molecule has 1 aliphatic rings. The highest BCUT2D eigenvalue weighted by molar-refractivity contribution is 7.80. The van der Waals surface area contributed by atoms with Crippen molar-refractivity contribution in [1.82, 2.24) is 5.32 Å². The molecule has 0 aromatic rings. The van der Waals surface area contributed by atoms with E-state index in [4.69, 9.17) is 18.0 Å². The van der Waals surface area contributed by atoms with Gasteiger partial charge in [-0.1, -0.05) is 45.8 Å². The van der Waals surface area contributed by atoms with Crippen molar-refractivity contribution in [3.05, 3.63) is 0 Å². The average Bonchev–Trinajstić information content (AvgIpc) is 2.66. The van der Waals surface area contributed by atoms with Gasteiger partial charge in [0.25, 0.3) is 0 Å². The van der Waals surface area contributed by atoms with Crippen molar-refractivity contribution in [3.8, 4) is 0 Å². The summed E-state index contributed by atoms with van der Waals surface area (Å²) in [5, 5.41) is 3.07. The number of rotatable bonds is 4. The third-order valence-electron chi connectivity index (χ3n) is 3.70. The second kappa shape index (κ2) is 5.13. The van der Waals surface area contributed by atoms with Crippen molar-refractivity contribution in [3.63, 3.8) is 0 Å². The van der Waals surface area contributed by atoms with Crippen LogP contribution >= 0.6 is 12.2 Å². The van der Waals surface area contributed by atoms with Crippen molar-refractivity contribution in [2.24, 2.45) is 17.6 Å². The zero-order valence-corrected chi connectivity index (χ0v) is 11.2. The van der Waals surface area contributed by atoms with Crippen molar-refractivity contribution < 1.29 is 4.79 Å². The fourth-order valence-electron chi connectivity index (χ4n) is 2.06. The largest absolute Gasteiger partial charge is 0.391 e. The molecule has 0 radical (unpaired) electrons. The molecule has 1 saturated carbocycles. The maximum absolute atomic E-state index is 12.0. The summed E-state index contributed by atoms with van der Waals surface area (Å²) in [5.41, 5.74) is 5.37. The number of carbonyl (C=O) groups excluding carboxylic acids is 1. The van der Waals surface area contributed by atoms with Gasteiger partial charge in [-0.25, -0.2) is 0 Å². The Morgan fingerprint density at radius 2 is 1.81 bits per heavy atom. The van der Waals surface area contributed by atoms with Gasteiger partial charge >= 0.3 is 0 Å². The molecule has 4 heteroatoms. The Hall–Kier alpha value is -0.640. The lowest BCUT2D eigenvalue weighted by atomic mass is 9.92. The predicted molar refractivity (Wildman–Crippen MR) is 70.1 cm³/mol. The van der Waals surface area contributed by atoms with Crippen LogP contribution in [-0.4, -0.2) is 16.4 Å². The van der Waals surface area contributed by atoms with Gasteiger partial charge in [-0.2, -0.15) is 0 Å². The predicted octanol–water partition coefficient (Wildman–Crippen LogP) is 1.99. The SMILES string of the molecule is CC(C)C(C)C(=O)NC1(C(N)=S)CCCC1. The molecule has 92 valence electrons. The Bertz CT molecular complexity index is 283. The van der Waals surface area contributed by atoms with Crippen LogP contribution < -0.4 is 11.1 Å². The molecule has 16 heavy (non-hydrogen) atoms. The van der Waals surface area contributed by atoms with Crippen LogP contribution in [0.25, 0.3) is 0 Å². The minimum atomic E-state index is -0.407. The lowest BCUT2D eigenvalue weighted by molar-refractivity contribution is -0.126. The molecule has 3 nitrogen and oxygen atoms in total. The zero-order valence-electron chi connectivity index (χ0n) is 10.4. The summed E-state index contributed by atoms with van der Waals surface area (Å²) < 4.78 is 0. The molecule has 0 aromatic heterocycles. The van der Waals surface area contributed by atoms with Crippen LogP contribution in [0.5, 0.6) is 0 Å². The highest BCUT2D eigenvalue weighted by atomic mass is 32.1. The van der Waals surface area contributed by atoms with E-state index in [0.29, 0.717) is 10.9 Å². The van der Waals surface area contributed by atoms with Crippen LogP contribution in [-0.2, 0) is 4.79 Å². The Labute approximate surface area is 103 Å². The number of hydrogen-bond donors (Lipinski definition) is 2. The Morgan fingerprint density at radius 1 is 1.31 bits per heavy atom. The first kappa shape index (κ1) is 13.4. The number of carbonyl (C=O) groups is 1. The van der Waals surface area contributed by atoms with Gasteiger partial charge < -0.3 is 11.1 Å². The van der Waals surface area contributed by atoms with E-state index in [-0.39, 0.29) is 11.8 Å². The normalized spacial score (nSPS) is 20.8. The molecule has 0 spiro atoms. The van der Waals surface area contributed by atoms with Crippen molar-refractivity contribution in [2.75, 3.05) is 0 Å². The van der Waals surface area contributed by atoms with E-state index in [1.807, 2.05) is 20.8 Å². The molecule has 3 N–H and O–H groups in total. The van der Waals surface area contributed by atoms with Gasteiger partial charge in [0.05, 0.1) is 10.5 Å². The van der Waals surface area contributed by atoms with Gasteiger partial charge in [0.15, 0.2) is 0 Å². The van der Waals surface area contributed by atoms with Crippen LogP contribution in [0.2, 0.25) is 0 Å². The molecule has 0 aliphatic heterocycles. The third-order valence-corrected chi connectivity index (χ3v) is 4.10. The number of hydrogen-bond acceptors (Lipinski definition) is 2. The molecular weight excluding hydrogens is 220 g/mol. The molecule has 0 aromatic carbocycles. The molecule has 1 atom stereocenters. The highest BCUT2D eigenvalue weighted by Gasteiger charge is 2.39. The first-order valence-electron chi connectivity index (χ1n) is 6.01. The summed E-state index contributed by atoms with van der Waals surface area (Å²) in [6.07, 6.45) is 3.96. The molecule has 0 saturated heterocycles. The molecule has 1 fully saturated rings. The second-order valence-corrected chi connectivity index (χ2v) is 5.62. The Kier molecular flexibility index (Phi) is 4.30. The number of nitrogens with two attached hydrogens (primary N) is 1. The molecule has 0 bridgehead atoms. The van der Waals surface area contributed by atoms with E-state index in [1.165, 1.54) is 0 Å². The van der Waals surface area contributed by atoms with Gasteiger partial charge in [0, 0.05) is 5.92 Å². The standard InChI is InChI=1S/C12H22N2OS/c1-8(2)9(3)10(15)14-12(11(13)16)6-4-5-7-12/h8-9H,4-7H2,1-3H3,(H2,13,16)(H,14,15). The van der Waals surface area contributed by atoms with E-state index in [9.17, 15) is 4.79 Å². The van der Waals surface area contributed by atoms with Crippen LogP contribution in [0, 0.1) is 11.8 Å². The maximum Gasteiger partial charge on any atom is 0.223 e. The van der Waals surface area contributed by atoms with Gasteiger partial charge in [-0.05, 0) is 18.8 Å². The molecule has 1 rings (SSSR count). The fraction of sp³-hybridized carbons (Fsp3) is 0.833. The zero-order chi connectivity index (χ0) is 12.3. The summed E-state index contributed by atoms with van der Waals surface area (Å²) in [4.78, 5) is 12.5. The first-order chi connectivity index (χ1) is 7.39. The third kappa shape index (κ3) is 2.73. The van der Waals surface area contributed by atoms with E-state index in [2.05, 4.69) is 5.32 Å². The molecular formula is C12H22N2OS. The van der Waals surface area contributed by atoms with Crippen LogP contribution in [0.15, 0.2) is 0 Å². The number of nitrogens with one attached hydrogen (secondary N) is 1. The van der Waals surface area contributed by atoms with Gasteiger partial charge in [-0.3, -0.25) is 4.79 Å². The first-order valence-corrected chi connectivity index (χ1v) is 6.42. The lowest BCUT2D eigenvalue weighted by Gasteiger charge is -2.31. The van der Waals surface area contributed by atoms with Crippen molar-refractivity contribution in [2.45, 2.75) is 52.0 Å². The van der Waals surface area contributed by atoms with Crippen LogP contribution in [0.3, 0.4) is 0 Å². The molecule has 1 aliphatic carbocycles. The molecule has 1 unspecified atom stereocenters. The Morgan fingerprint density at radius 3 is 2.19 bits per heavy atom. The highest BCUT2D eigenvalue weighted by Crippen LogP contribution is 2.30.